The van der Waals surface area contributed by atoms with E-state index in [1.54, 1.807) is 19.1 Å². The minimum Gasteiger partial charge on any atom is -0.478 e. The van der Waals surface area contributed by atoms with Crippen molar-refractivity contribution in [2.45, 2.75) is 13.3 Å². The van der Waals surface area contributed by atoms with E-state index in [-0.39, 0.29) is 23.7 Å². The Balaban J connectivity index is 2.31. The third-order valence-electron chi connectivity index (χ3n) is 2.97. The largest absolute Gasteiger partial charge is 0.478 e. The first-order valence-corrected chi connectivity index (χ1v) is 6.65. The molecule has 0 radical (unpaired) electrons. The minimum absolute atomic E-state index is 0.136. The van der Waals surface area contributed by atoms with Crippen LogP contribution in [0.2, 0.25) is 0 Å². The number of hydrogen-bond acceptors (Lipinski definition) is 4. The van der Waals surface area contributed by atoms with Crippen molar-refractivity contribution >= 4 is 11.9 Å². The molecule has 0 bridgehead atoms. The number of hydrogen-bond donors (Lipinski definition) is 1. The average molecular weight is 303 g/mol. The van der Waals surface area contributed by atoms with Gasteiger partial charge in [0.2, 0.25) is 0 Å². The normalized spacial score (nSPS) is 10.3. The smallest absolute Gasteiger partial charge is 0.357 e. The summed E-state index contributed by atoms with van der Waals surface area (Å²) in [6.07, 6.45) is 1.80. The summed E-state index contributed by atoms with van der Waals surface area (Å²) in [5.41, 5.74) is 0.982. The number of rotatable bonds is 5. The number of carbonyl (C=O) groups is 2. The summed E-state index contributed by atoms with van der Waals surface area (Å²) < 4.78 is 17.7. The van der Waals surface area contributed by atoms with Crippen LogP contribution in [0.4, 0.5) is 4.39 Å². The molecule has 0 amide bonds. The molecule has 22 heavy (non-hydrogen) atoms. The lowest BCUT2D eigenvalue weighted by atomic mass is 10.0. The number of carbonyl (C=O) groups excluding carboxylic acids is 1. The van der Waals surface area contributed by atoms with Gasteiger partial charge in [-0.15, -0.1) is 0 Å². The van der Waals surface area contributed by atoms with E-state index >= 15 is 0 Å². The molecule has 0 aliphatic carbocycles. The van der Waals surface area contributed by atoms with Crippen LogP contribution in [0.25, 0.3) is 0 Å². The Morgan fingerprint density at radius 3 is 2.50 bits per heavy atom. The summed E-state index contributed by atoms with van der Waals surface area (Å²) in [6, 6.07) is 7.25. The average Bonchev–Trinajstić information content (AvgIpc) is 2.49. The van der Waals surface area contributed by atoms with Gasteiger partial charge in [-0.25, -0.2) is 19.0 Å². The second-order valence-corrected chi connectivity index (χ2v) is 4.57. The Morgan fingerprint density at radius 2 is 1.91 bits per heavy atom. The maximum Gasteiger partial charge on any atom is 0.357 e. The van der Waals surface area contributed by atoms with E-state index < -0.39 is 11.9 Å². The van der Waals surface area contributed by atoms with Crippen molar-refractivity contribution in [2.24, 2.45) is 0 Å². The molecule has 0 spiro atoms. The van der Waals surface area contributed by atoms with Gasteiger partial charge in [0, 0.05) is 6.20 Å². The fourth-order valence-corrected chi connectivity index (χ4v) is 1.97. The molecule has 1 aromatic carbocycles. The SMILES string of the molecule is CCOC(=O)c1ncc(Cc2ccc(F)cc2)cc1C(=O)O. The van der Waals surface area contributed by atoms with Crippen molar-refractivity contribution in [3.8, 4) is 0 Å². The maximum absolute atomic E-state index is 12.9. The summed E-state index contributed by atoms with van der Waals surface area (Å²) in [6.45, 7) is 1.76. The molecule has 1 N–H and O–H groups in total. The second-order valence-electron chi connectivity index (χ2n) is 4.57. The van der Waals surface area contributed by atoms with E-state index in [4.69, 9.17) is 4.74 Å². The van der Waals surface area contributed by atoms with Crippen molar-refractivity contribution in [2.75, 3.05) is 6.61 Å². The molecule has 1 heterocycles. The van der Waals surface area contributed by atoms with Gasteiger partial charge in [-0.05, 0) is 42.7 Å². The van der Waals surface area contributed by atoms with E-state index in [2.05, 4.69) is 4.98 Å². The Bertz CT molecular complexity index is 698. The number of aromatic nitrogens is 1. The number of aromatic carboxylic acids is 1. The number of carboxylic acids is 1. The standard InChI is InChI=1S/C16H14FNO4/c1-2-22-16(21)14-13(15(19)20)8-11(9-18-14)7-10-3-5-12(17)6-4-10/h3-6,8-9H,2,7H2,1H3,(H,19,20). The van der Waals surface area contributed by atoms with Gasteiger partial charge < -0.3 is 9.84 Å². The molecule has 6 heteroatoms. The van der Waals surface area contributed by atoms with Crippen molar-refractivity contribution in [1.82, 2.24) is 4.98 Å². The quantitative estimate of drug-likeness (QED) is 0.859. The third-order valence-corrected chi connectivity index (χ3v) is 2.97. The van der Waals surface area contributed by atoms with E-state index in [1.807, 2.05) is 0 Å². The van der Waals surface area contributed by atoms with Gasteiger partial charge in [0.05, 0.1) is 12.2 Å². The predicted octanol–water partition coefficient (Wildman–Crippen LogP) is 2.69. The summed E-state index contributed by atoms with van der Waals surface area (Å²) in [5.74, 6) is -2.37. The van der Waals surface area contributed by atoms with Gasteiger partial charge in [-0.1, -0.05) is 12.1 Å². The summed E-state index contributed by atoms with van der Waals surface area (Å²) >= 11 is 0. The van der Waals surface area contributed by atoms with Gasteiger partial charge in [0.15, 0.2) is 5.69 Å². The molecule has 0 aliphatic heterocycles. The van der Waals surface area contributed by atoms with Crippen LogP contribution < -0.4 is 0 Å². The number of carboxylic acid groups (broad SMARTS) is 1. The van der Waals surface area contributed by atoms with Gasteiger partial charge in [0.1, 0.15) is 5.82 Å². The Hall–Kier alpha value is -2.76. The lowest BCUT2D eigenvalue weighted by Crippen LogP contribution is -2.14. The molecular formula is C16H14FNO4. The number of nitrogens with zero attached hydrogens (tertiary/aromatic N) is 1. The van der Waals surface area contributed by atoms with Crippen LogP contribution in [0.15, 0.2) is 36.5 Å². The molecule has 0 aliphatic rings. The van der Waals surface area contributed by atoms with Crippen molar-refractivity contribution < 1.29 is 23.8 Å². The summed E-state index contributed by atoms with van der Waals surface area (Å²) in [5, 5.41) is 9.21. The van der Waals surface area contributed by atoms with Crippen LogP contribution in [-0.2, 0) is 11.2 Å². The molecule has 2 rings (SSSR count). The molecule has 0 saturated heterocycles. The van der Waals surface area contributed by atoms with Crippen molar-refractivity contribution in [3.63, 3.8) is 0 Å². The lowest BCUT2D eigenvalue weighted by molar-refractivity contribution is 0.0507. The van der Waals surface area contributed by atoms with E-state index in [9.17, 15) is 19.1 Å². The molecule has 5 nitrogen and oxygen atoms in total. The fraction of sp³-hybridized carbons (Fsp3) is 0.188. The first kappa shape index (κ1) is 15.6. The number of pyridine rings is 1. The van der Waals surface area contributed by atoms with E-state index in [1.165, 1.54) is 24.4 Å². The molecular weight excluding hydrogens is 289 g/mol. The van der Waals surface area contributed by atoms with Gasteiger partial charge in [0.25, 0.3) is 0 Å². The zero-order valence-corrected chi connectivity index (χ0v) is 11.9. The topological polar surface area (TPSA) is 76.5 Å². The minimum atomic E-state index is -1.25. The highest BCUT2D eigenvalue weighted by atomic mass is 19.1. The summed E-state index contributed by atoms with van der Waals surface area (Å²) in [7, 11) is 0. The van der Waals surface area contributed by atoms with Crippen LogP contribution in [0.3, 0.4) is 0 Å². The fourth-order valence-electron chi connectivity index (χ4n) is 1.97. The van der Waals surface area contributed by atoms with Crippen LogP contribution in [0.5, 0.6) is 0 Å². The second kappa shape index (κ2) is 6.80. The zero-order valence-electron chi connectivity index (χ0n) is 11.9. The van der Waals surface area contributed by atoms with E-state index in [0.29, 0.717) is 12.0 Å². The van der Waals surface area contributed by atoms with Crippen molar-refractivity contribution in [3.05, 3.63) is 64.7 Å². The first-order chi connectivity index (χ1) is 10.5. The molecule has 0 unspecified atom stereocenters. The number of esters is 1. The first-order valence-electron chi connectivity index (χ1n) is 6.65. The molecule has 2 aromatic rings. The van der Waals surface area contributed by atoms with Crippen LogP contribution in [0.1, 0.15) is 38.9 Å². The molecule has 114 valence electrons. The van der Waals surface area contributed by atoms with Gasteiger partial charge in [-0.3, -0.25) is 0 Å². The van der Waals surface area contributed by atoms with Gasteiger partial charge in [-0.2, -0.15) is 0 Å². The van der Waals surface area contributed by atoms with Crippen LogP contribution in [0, 0.1) is 5.82 Å². The maximum atomic E-state index is 12.9. The zero-order chi connectivity index (χ0) is 16.1. The number of halogens is 1. The van der Waals surface area contributed by atoms with Crippen LogP contribution in [-0.4, -0.2) is 28.6 Å². The summed E-state index contributed by atoms with van der Waals surface area (Å²) in [4.78, 5) is 26.9. The monoisotopic (exact) mass is 303 g/mol. The highest BCUT2D eigenvalue weighted by molar-refractivity contribution is 6.01. The third kappa shape index (κ3) is 3.66. The predicted molar refractivity (Wildman–Crippen MR) is 76.4 cm³/mol. The Labute approximate surface area is 126 Å². The highest BCUT2D eigenvalue weighted by Crippen LogP contribution is 2.15. The molecule has 1 aromatic heterocycles. The highest BCUT2D eigenvalue weighted by Gasteiger charge is 2.20. The lowest BCUT2D eigenvalue weighted by Gasteiger charge is -2.07. The molecule has 0 fully saturated rings. The van der Waals surface area contributed by atoms with Crippen LogP contribution >= 0.6 is 0 Å². The van der Waals surface area contributed by atoms with Crippen molar-refractivity contribution in [1.29, 1.82) is 0 Å². The van der Waals surface area contributed by atoms with Gasteiger partial charge >= 0.3 is 11.9 Å². The van der Waals surface area contributed by atoms with E-state index in [0.717, 1.165) is 5.56 Å². The Kier molecular flexibility index (Phi) is 4.83. The number of benzene rings is 1. The Morgan fingerprint density at radius 1 is 1.23 bits per heavy atom. The molecule has 0 atom stereocenters. The number of ether oxygens (including phenoxy) is 1. The molecule has 0 saturated carbocycles.